The van der Waals surface area contributed by atoms with Crippen molar-refractivity contribution in [3.63, 3.8) is 0 Å². The summed E-state index contributed by atoms with van der Waals surface area (Å²) in [4.78, 5) is 63.5. The van der Waals surface area contributed by atoms with Crippen LogP contribution in [-0.4, -0.2) is 52.1 Å². The van der Waals surface area contributed by atoms with Crippen molar-refractivity contribution in [1.29, 1.82) is 0 Å². The van der Waals surface area contributed by atoms with Gasteiger partial charge in [-0.3, -0.25) is 24.0 Å². The van der Waals surface area contributed by atoms with Crippen molar-refractivity contribution in [2.45, 2.75) is 149 Å². The van der Waals surface area contributed by atoms with Crippen LogP contribution in [0.25, 0.3) is 0 Å². The van der Waals surface area contributed by atoms with Crippen molar-refractivity contribution in [3.05, 3.63) is 35.9 Å². The number of hydrogen-bond donors (Lipinski definition) is 1. The van der Waals surface area contributed by atoms with E-state index >= 15 is 0 Å². The van der Waals surface area contributed by atoms with Gasteiger partial charge < -0.3 is 24.3 Å². The molecule has 0 bridgehead atoms. The van der Waals surface area contributed by atoms with Crippen LogP contribution in [0.1, 0.15) is 126 Å². The second kappa shape index (κ2) is 17.2. The Bertz CT molecular complexity index is 1010. The zero-order chi connectivity index (χ0) is 33.6. The van der Waals surface area contributed by atoms with Gasteiger partial charge in [-0.2, -0.15) is 0 Å². The Morgan fingerprint density at radius 2 is 0.977 bits per heavy atom. The maximum absolute atomic E-state index is 13.2. The summed E-state index contributed by atoms with van der Waals surface area (Å²) in [5.41, 5.74) is -2.36. The van der Waals surface area contributed by atoms with Gasteiger partial charge in [-0.15, -0.1) is 0 Å². The van der Waals surface area contributed by atoms with E-state index in [1.54, 1.807) is 62.3 Å². The molecule has 0 atom stereocenters. The second-order valence-electron chi connectivity index (χ2n) is 14.1. The molecule has 0 spiro atoms. The van der Waals surface area contributed by atoms with Crippen LogP contribution in [0.5, 0.6) is 0 Å². The summed E-state index contributed by atoms with van der Waals surface area (Å²) in [6, 6.07) is 9.29. The highest BCUT2D eigenvalue weighted by Crippen LogP contribution is 2.29. The van der Waals surface area contributed by atoms with Crippen molar-refractivity contribution in [2.75, 3.05) is 0 Å². The summed E-state index contributed by atoms with van der Waals surface area (Å²) < 4.78 is 21.7. The molecule has 44 heavy (non-hydrogen) atoms. The summed E-state index contributed by atoms with van der Waals surface area (Å²) in [5, 5.41) is 3.00. The van der Waals surface area contributed by atoms with Gasteiger partial charge in [-0.05, 0) is 93.6 Å². The molecule has 0 radical (unpaired) electrons. The minimum atomic E-state index is -1.12. The van der Waals surface area contributed by atoms with Crippen molar-refractivity contribution in [1.82, 2.24) is 5.32 Å². The quantitative estimate of drug-likeness (QED) is 0.171. The number of esters is 4. The molecule has 1 amide bonds. The molecule has 0 saturated heterocycles. The third-order valence-electron chi connectivity index (χ3n) is 6.12. The van der Waals surface area contributed by atoms with Crippen LogP contribution >= 0.6 is 0 Å². The van der Waals surface area contributed by atoms with E-state index in [1.165, 1.54) is 0 Å². The first kappa shape index (κ1) is 38.6. The Kier molecular flexibility index (Phi) is 15.1. The van der Waals surface area contributed by atoms with Gasteiger partial charge in [0.2, 0.25) is 5.91 Å². The highest BCUT2D eigenvalue weighted by Gasteiger charge is 2.35. The third kappa shape index (κ3) is 19.0. The average Bonchev–Trinajstić information content (AvgIpc) is 2.86. The summed E-state index contributed by atoms with van der Waals surface area (Å²) in [7, 11) is 0. The molecule has 0 heterocycles. The van der Waals surface area contributed by atoms with E-state index in [9.17, 15) is 24.0 Å². The Morgan fingerprint density at radius 1 is 0.568 bits per heavy atom. The number of amides is 1. The fourth-order valence-corrected chi connectivity index (χ4v) is 4.33. The lowest BCUT2D eigenvalue weighted by Crippen LogP contribution is -2.50. The predicted molar refractivity (Wildman–Crippen MR) is 166 cm³/mol. The molecule has 0 aliphatic rings. The highest BCUT2D eigenvalue weighted by atomic mass is 16.6. The molecule has 1 N–H and O–H groups in total. The summed E-state index contributed by atoms with van der Waals surface area (Å²) in [6.07, 6.45) is 0.507. The van der Waals surface area contributed by atoms with Gasteiger partial charge in [0.05, 0.1) is 0 Å². The number of hydrogen-bond acceptors (Lipinski definition) is 9. The van der Waals surface area contributed by atoms with Crippen LogP contribution in [0.2, 0.25) is 0 Å². The molecule has 0 unspecified atom stereocenters. The van der Waals surface area contributed by atoms with E-state index in [1.807, 2.05) is 30.3 Å². The van der Waals surface area contributed by atoms with Crippen LogP contribution in [0.4, 0.5) is 0 Å². The fraction of sp³-hybridized carbons (Fsp3) is 0.676. The smallest absolute Gasteiger partial charge is 0.306 e. The Morgan fingerprint density at radius 3 is 1.36 bits per heavy atom. The summed E-state index contributed by atoms with van der Waals surface area (Å²) in [6.45, 7) is 16.0. The zero-order valence-electron chi connectivity index (χ0n) is 28.1. The van der Waals surface area contributed by atoms with E-state index in [0.29, 0.717) is 0 Å². The maximum Gasteiger partial charge on any atom is 0.306 e. The minimum Gasteiger partial charge on any atom is -0.461 e. The first-order valence-corrected chi connectivity index (χ1v) is 15.3. The van der Waals surface area contributed by atoms with E-state index < -0.39 is 46.2 Å². The van der Waals surface area contributed by atoms with Gasteiger partial charge in [-0.25, -0.2) is 0 Å². The molecule has 0 aliphatic heterocycles. The summed E-state index contributed by atoms with van der Waals surface area (Å²) >= 11 is 0. The molecular formula is C34H53NO9. The molecule has 0 fully saturated rings. The molecule has 10 heteroatoms. The molecule has 0 aliphatic carbocycles. The van der Waals surface area contributed by atoms with Crippen LogP contribution in [0, 0.1) is 0 Å². The lowest BCUT2D eigenvalue weighted by Gasteiger charge is -2.36. The first-order chi connectivity index (χ1) is 20.2. The Hall–Kier alpha value is -3.43. The molecule has 1 aromatic rings. The van der Waals surface area contributed by atoms with Gasteiger partial charge in [0.25, 0.3) is 0 Å². The number of ether oxygens (including phenoxy) is 4. The van der Waals surface area contributed by atoms with Gasteiger partial charge >= 0.3 is 23.9 Å². The lowest BCUT2D eigenvalue weighted by molar-refractivity contribution is -0.156. The number of carbonyl (C=O) groups excluding carboxylic acids is 5. The lowest BCUT2D eigenvalue weighted by atomic mass is 9.83. The third-order valence-corrected chi connectivity index (χ3v) is 6.12. The van der Waals surface area contributed by atoms with Crippen LogP contribution in [0.15, 0.2) is 30.3 Å². The molecule has 1 rings (SSSR count). The number of rotatable bonds is 16. The van der Waals surface area contributed by atoms with Gasteiger partial charge in [-0.1, -0.05) is 30.3 Å². The van der Waals surface area contributed by atoms with E-state index in [0.717, 1.165) is 5.56 Å². The minimum absolute atomic E-state index is 0.00744. The largest absolute Gasteiger partial charge is 0.461 e. The topological polar surface area (TPSA) is 134 Å². The van der Waals surface area contributed by atoms with Crippen molar-refractivity contribution in [2.24, 2.45) is 0 Å². The molecule has 0 saturated carbocycles. The molecule has 1 aromatic carbocycles. The van der Waals surface area contributed by atoms with Crippen molar-refractivity contribution in [3.8, 4) is 0 Å². The van der Waals surface area contributed by atoms with Gasteiger partial charge in [0, 0.05) is 37.6 Å². The predicted octanol–water partition coefficient (Wildman–Crippen LogP) is 6.12. The highest BCUT2D eigenvalue weighted by molar-refractivity contribution is 5.79. The molecule has 248 valence electrons. The fourth-order valence-electron chi connectivity index (χ4n) is 4.33. The van der Waals surface area contributed by atoms with E-state index in [-0.39, 0.29) is 70.3 Å². The molecular weight excluding hydrogens is 566 g/mol. The number of benzene rings is 1. The molecule has 10 nitrogen and oxygen atoms in total. The average molecular weight is 620 g/mol. The zero-order valence-corrected chi connectivity index (χ0v) is 28.1. The van der Waals surface area contributed by atoms with E-state index in [2.05, 4.69) is 5.32 Å². The van der Waals surface area contributed by atoms with Crippen molar-refractivity contribution < 1.29 is 42.9 Å². The summed E-state index contributed by atoms with van der Waals surface area (Å²) in [5.74, 6) is -2.20. The van der Waals surface area contributed by atoms with Gasteiger partial charge in [0.15, 0.2) is 0 Å². The Balaban J connectivity index is 3.04. The standard InChI is InChI=1S/C34H53NO9/c1-31(2,3)42-28(38)18-21-34(22-19-29(39)43-32(4,5)6,23-20-30(40)44-33(7,8)9)35-26(36)16-13-17-27(37)41-24-25-14-11-10-12-15-25/h10-12,14-15H,13,16-24H2,1-9H3,(H,35,36). The Labute approximate surface area is 262 Å². The van der Waals surface area contributed by atoms with Crippen LogP contribution < -0.4 is 5.32 Å². The van der Waals surface area contributed by atoms with E-state index in [4.69, 9.17) is 18.9 Å². The number of nitrogens with one attached hydrogen (secondary N) is 1. The normalized spacial score (nSPS) is 12.2. The number of carbonyl (C=O) groups is 5. The maximum atomic E-state index is 13.2. The van der Waals surface area contributed by atoms with Gasteiger partial charge in [0.1, 0.15) is 23.4 Å². The monoisotopic (exact) mass is 619 g/mol. The van der Waals surface area contributed by atoms with Crippen LogP contribution in [0.3, 0.4) is 0 Å². The molecule has 0 aromatic heterocycles. The van der Waals surface area contributed by atoms with Crippen molar-refractivity contribution >= 4 is 29.8 Å². The SMILES string of the molecule is CC(C)(C)OC(=O)CCC(CCC(=O)OC(C)(C)C)(CCC(=O)OC(C)(C)C)NC(=O)CCCC(=O)OCc1ccccc1. The second-order valence-corrected chi connectivity index (χ2v) is 14.1. The van der Waals surface area contributed by atoms with Crippen LogP contribution in [-0.2, 0) is 49.5 Å². The first-order valence-electron chi connectivity index (χ1n) is 15.3.